The zero-order valence-electron chi connectivity index (χ0n) is 14.5. The van der Waals surface area contributed by atoms with Gasteiger partial charge >= 0.3 is 0 Å². The number of carbonyl (C=O) groups excluding carboxylic acids is 1. The van der Waals surface area contributed by atoms with Crippen molar-refractivity contribution in [2.75, 3.05) is 12.8 Å². The topological polar surface area (TPSA) is 94.6 Å². The van der Waals surface area contributed by atoms with Gasteiger partial charge in [-0.3, -0.25) is 9.78 Å². The molecule has 2 aromatic carbocycles. The number of benzene rings is 2. The summed E-state index contributed by atoms with van der Waals surface area (Å²) in [5, 5.41) is 3.82. The van der Waals surface area contributed by atoms with Gasteiger partial charge in [-0.05, 0) is 53.4 Å². The molecule has 1 aromatic heterocycles. The minimum atomic E-state index is 0.0541. The predicted molar refractivity (Wildman–Crippen MR) is 106 cm³/mol. The van der Waals surface area contributed by atoms with E-state index in [1.165, 1.54) is 7.11 Å². The number of ether oxygens (including phenoxy) is 1. The van der Waals surface area contributed by atoms with Gasteiger partial charge in [0.15, 0.2) is 11.5 Å². The summed E-state index contributed by atoms with van der Waals surface area (Å²) >= 11 is 6.17. The van der Waals surface area contributed by atoms with Gasteiger partial charge in [-0.25, -0.2) is 0 Å². The molecule has 6 nitrogen and oxygen atoms in total. The first kappa shape index (κ1) is 17.4. The molecule has 0 spiro atoms. The predicted octanol–water partition coefficient (Wildman–Crippen LogP) is 5.14. The number of pyridine rings is 1. The van der Waals surface area contributed by atoms with E-state index in [0.29, 0.717) is 22.2 Å². The number of nitrogens with zero attached hydrogens (tertiary/aromatic N) is 2. The van der Waals surface area contributed by atoms with Gasteiger partial charge in [0.1, 0.15) is 5.75 Å². The molecule has 7 heteroatoms. The minimum absolute atomic E-state index is 0.0541. The number of hydrogen-bond donors (Lipinski definition) is 1. The first-order valence-corrected chi connectivity index (χ1v) is 8.85. The van der Waals surface area contributed by atoms with E-state index >= 15 is 0 Å². The summed E-state index contributed by atoms with van der Waals surface area (Å²) in [6.45, 7) is 0. The average molecular weight is 382 g/mol. The van der Waals surface area contributed by atoms with Gasteiger partial charge in [0.25, 0.3) is 0 Å². The van der Waals surface area contributed by atoms with Gasteiger partial charge < -0.3 is 10.5 Å². The van der Waals surface area contributed by atoms with Crippen LogP contribution in [0.2, 0.25) is 5.02 Å². The summed E-state index contributed by atoms with van der Waals surface area (Å²) in [6, 6.07) is 8.90. The lowest BCUT2D eigenvalue weighted by atomic mass is 9.99. The fraction of sp³-hybridized carbons (Fsp3) is 0.200. The van der Waals surface area contributed by atoms with Crippen molar-refractivity contribution in [2.45, 2.75) is 12.8 Å². The van der Waals surface area contributed by atoms with E-state index in [-0.39, 0.29) is 28.2 Å². The highest BCUT2D eigenvalue weighted by atomic mass is 35.5. The number of hydrogen-bond acceptors (Lipinski definition) is 6. The Labute approximate surface area is 160 Å². The first-order chi connectivity index (χ1) is 13.0. The normalized spacial score (nSPS) is 13.6. The number of carbonyl (C=O) groups is 1. The molecule has 1 fully saturated rings. The van der Waals surface area contributed by atoms with Crippen molar-refractivity contribution in [3.05, 3.63) is 52.0 Å². The lowest BCUT2D eigenvalue weighted by Gasteiger charge is -2.11. The van der Waals surface area contributed by atoms with Crippen LogP contribution in [0.5, 0.6) is 5.75 Å². The van der Waals surface area contributed by atoms with Gasteiger partial charge in [0.2, 0.25) is 0 Å². The SMILES string of the molecule is COc1cc(-c2ccc3ncc(C(=O)C4CC4)c(N)c3c2)cc(Cl)c1N=O. The first-order valence-electron chi connectivity index (χ1n) is 8.47. The number of ketones is 1. The van der Waals surface area contributed by atoms with Crippen molar-refractivity contribution in [1.29, 1.82) is 0 Å². The highest BCUT2D eigenvalue weighted by Gasteiger charge is 2.32. The van der Waals surface area contributed by atoms with Crippen LogP contribution < -0.4 is 10.5 Å². The highest BCUT2D eigenvalue weighted by Crippen LogP contribution is 2.40. The monoisotopic (exact) mass is 381 g/mol. The Balaban J connectivity index is 1.86. The minimum Gasteiger partial charge on any atom is -0.494 e. The van der Waals surface area contributed by atoms with E-state index in [1.54, 1.807) is 18.3 Å². The lowest BCUT2D eigenvalue weighted by Crippen LogP contribution is -2.07. The maximum Gasteiger partial charge on any atom is 0.169 e. The Morgan fingerprint density at radius 2 is 2.04 bits per heavy atom. The summed E-state index contributed by atoms with van der Waals surface area (Å²) in [4.78, 5) is 27.8. The molecule has 0 atom stereocenters. The number of methoxy groups -OCH3 is 1. The van der Waals surface area contributed by atoms with E-state index in [2.05, 4.69) is 10.2 Å². The maximum absolute atomic E-state index is 12.4. The van der Waals surface area contributed by atoms with Gasteiger partial charge in [-0.15, -0.1) is 4.91 Å². The van der Waals surface area contributed by atoms with Gasteiger partial charge in [-0.1, -0.05) is 17.7 Å². The Morgan fingerprint density at radius 1 is 1.26 bits per heavy atom. The molecule has 4 rings (SSSR count). The quantitative estimate of drug-likeness (QED) is 0.488. The van der Waals surface area contributed by atoms with Gasteiger partial charge in [0.05, 0.1) is 28.9 Å². The molecule has 1 aliphatic carbocycles. The summed E-state index contributed by atoms with van der Waals surface area (Å²) in [7, 11) is 1.45. The molecular formula is C20H16ClN3O3. The van der Waals surface area contributed by atoms with Crippen molar-refractivity contribution in [2.24, 2.45) is 11.1 Å². The largest absolute Gasteiger partial charge is 0.494 e. The number of Topliss-reactive ketones (excluding diaryl/α,β-unsaturated/α-hetero) is 1. The number of nitrogen functional groups attached to an aromatic ring is 1. The van der Waals surface area contributed by atoms with Gasteiger partial charge in [-0.2, -0.15) is 0 Å². The third-order valence-electron chi connectivity index (χ3n) is 4.80. The highest BCUT2D eigenvalue weighted by molar-refractivity contribution is 6.33. The Hall–Kier alpha value is -2.99. The van der Waals surface area contributed by atoms with Crippen LogP contribution in [0.15, 0.2) is 41.7 Å². The lowest BCUT2D eigenvalue weighted by molar-refractivity contribution is 0.0968. The zero-order valence-corrected chi connectivity index (χ0v) is 15.3. The third kappa shape index (κ3) is 3.02. The molecule has 0 aliphatic heterocycles. The number of fused-ring (bicyclic) bond motifs is 1. The van der Waals surface area contributed by atoms with Crippen LogP contribution in [0.3, 0.4) is 0 Å². The van der Waals surface area contributed by atoms with Crippen LogP contribution in [0.4, 0.5) is 11.4 Å². The standard InChI is InChI=1S/C20H16ClN3O3/c1-27-17-8-12(7-15(21)19(17)24-26)11-4-5-16-13(6-11)18(22)14(9-23-16)20(25)10-2-3-10/h4-10H,2-3H2,1H3,(H2,22,23). The van der Waals surface area contributed by atoms with Crippen molar-refractivity contribution in [3.63, 3.8) is 0 Å². The van der Waals surface area contributed by atoms with E-state index < -0.39 is 0 Å². The van der Waals surface area contributed by atoms with Crippen molar-refractivity contribution >= 4 is 39.7 Å². The zero-order chi connectivity index (χ0) is 19.1. The molecule has 0 radical (unpaired) electrons. The average Bonchev–Trinajstić information content (AvgIpc) is 3.52. The second-order valence-electron chi connectivity index (χ2n) is 6.56. The summed E-state index contributed by atoms with van der Waals surface area (Å²) in [6.07, 6.45) is 3.37. The number of aromatic nitrogens is 1. The summed E-state index contributed by atoms with van der Waals surface area (Å²) in [5.74, 6) is 0.413. The fourth-order valence-electron chi connectivity index (χ4n) is 3.14. The Kier molecular flexibility index (Phi) is 4.28. The second-order valence-corrected chi connectivity index (χ2v) is 6.96. The maximum atomic E-state index is 12.4. The third-order valence-corrected chi connectivity index (χ3v) is 5.08. The van der Waals surface area contributed by atoms with Gasteiger partial charge in [0, 0.05) is 17.5 Å². The molecule has 1 heterocycles. The van der Waals surface area contributed by atoms with E-state index in [0.717, 1.165) is 24.0 Å². The molecule has 27 heavy (non-hydrogen) atoms. The van der Waals surface area contributed by atoms with Crippen molar-refractivity contribution < 1.29 is 9.53 Å². The molecule has 0 saturated heterocycles. The Bertz CT molecular complexity index is 1090. The molecular weight excluding hydrogens is 366 g/mol. The van der Waals surface area contributed by atoms with Crippen LogP contribution in [0, 0.1) is 10.8 Å². The van der Waals surface area contributed by atoms with Crippen LogP contribution in [-0.2, 0) is 0 Å². The summed E-state index contributed by atoms with van der Waals surface area (Å²) in [5.41, 5.74) is 9.51. The number of nitrogens with two attached hydrogens (primary N) is 1. The van der Waals surface area contributed by atoms with Crippen LogP contribution in [-0.4, -0.2) is 17.9 Å². The fourth-order valence-corrected chi connectivity index (χ4v) is 3.38. The van der Waals surface area contributed by atoms with Crippen molar-refractivity contribution in [3.8, 4) is 16.9 Å². The number of nitroso groups, excluding NO2 is 1. The molecule has 1 saturated carbocycles. The van der Waals surface area contributed by atoms with E-state index in [4.69, 9.17) is 22.1 Å². The smallest absolute Gasteiger partial charge is 0.169 e. The number of rotatable bonds is 5. The molecule has 0 unspecified atom stereocenters. The van der Waals surface area contributed by atoms with Crippen LogP contribution in [0.1, 0.15) is 23.2 Å². The molecule has 136 valence electrons. The van der Waals surface area contributed by atoms with Crippen molar-refractivity contribution in [1.82, 2.24) is 4.98 Å². The molecule has 0 amide bonds. The van der Waals surface area contributed by atoms with Crippen LogP contribution in [0.25, 0.3) is 22.0 Å². The number of anilines is 1. The second kappa shape index (κ2) is 6.63. The number of halogens is 1. The molecule has 2 N–H and O–H groups in total. The van der Waals surface area contributed by atoms with E-state index in [1.807, 2.05) is 18.2 Å². The molecule has 1 aliphatic rings. The van der Waals surface area contributed by atoms with E-state index in [9.17, 15) is 9.70 Å². The molecule has 0 bridgehead atoms. The Morgan fingerprint density at radius 3 is 2.70 bits per heavy atom. The summed E-state index contributed by atoms with van der Waals surface area (Å²) < 4.78 is 5.21. The van der Waals surface area contributed by atoms with Crippen LogP contribution >= 0.6 is 11.6 Å². The molecule has 3 aromatic rings.